The summed E-state index contributed by atoms with van der Waals surface area (Å²) in [5.41, 5.74) is 5.32. The largest absolute Gasteiger partial charge is 0.388 e. The van der Waals surface area contributed by atoms with Gasteiger partial charge in [-0.2, -0.15) is 0 Å². The Hall–Kier alpha value is -1.71. The van der Waals surface area contributed by atoms with Crippen molar-refractivity contribution in [2.24, 2.45) is 0 Å². The maximum absolute atomic E-state index is 10.5. The Morgan fingerprint density at radius 1 is 1.04 bits per heavy atom. The summed E-state index contributed by atoms with van der Waals surface area (Å²) in [6.07, 6.45) is 10.1. The molecule has 0 bridgehead atoms. The molecule has 0 spiro atoms. The second-order valence-corrected chi connectivity index (χ2v) is 6.95. The maximum atomic E-state index is 10.5. The van der Waals surface area contributed by atoms with Crippen LogP contribution in [0.5, 0.6) is 0 Å². The van der Waals surface area contributed by atoms with E-state index in [2.05, 4.69) is 47.3 Å². The molecule has 0 aliphatic heterocycles. The highest BCUT2D eigenvalue weighted by Gasteiger charge is 2.14. The molecular weight excluding hydrogens is 296 g/mol. The minimum atomic E-state index is -0.361. The first-order chi connectivity index (χ1) is 11.7. The second kappa shape index (κ2) is 8.41. The summed E-state index contributed by atoms with van der Waals surface area (Å²) in [7, 11) is 2.13. The first kappa shape index (κ1) is 17.1. The maximum Gasteiger partial charge on any atom is 0.0802 e. The van der Waals surface area contributed by atoms with E-state index in [1.54, 1.807) is 0 Å². The van der Waals surface area contributed by atoms with Crippen molar-refractivity contribution in [3.63, 3.8) is 0 Å². The summed E-state index contributed by atoms with van der Waals surface area (Å²) < 4.78 is 0. The third-order valence-corrected chi connectivity index (χ3v) is 5.07. The number of rotatable bonds is 7. The third-order valence-electron chi connectivity index (χ3n) is 5.07. The van der Waals surface area contributed by atoms with E-state index in [1.807, 2.05) is 12.4 Å². The highest BCUT2D eigenvalue weighted by atomic mass is 16.3. The monoisotopic (exact) mass is 324 g/mol. The fourth-order valence-corrected chi connectivity index (χ4v) is 3.45. The molecule has 0 saturated heterocycles. The molecule has 0 amide bonds. The van der Waals surface area contributed by atoms with Crippen molar-refractivity contribution in [2.45, 2.75) is 44.6 Å². The summed E-state index contributed by atoms with van der Waals surface area (Å²) in [5, 5.41) is 10.5. The fraction of sp³-hybridized carbons (Fsp3) is 0.476. The zero-order valence-electron chi connectivity index (χ0n) is 14.6. The Balaban J connectivity index is 1.47. The second-order valence-electron chi connectivity index (χ2n) is 6.95. The molecule has 1 heterocycles. The number of aryl methyl sites for hydroxylation is 2. The lowest BCUT2D eigenvalue weighted by Crippen LogP contribution is -2.24. The van der Waals surface area contributed by atoms with Crippen LogP contribution in [-0.4, -0.2) is 35.1 Å². The van der Waals surface area contributed by atoms with E-state index in [9.17, 15) is 5.11 Å². The van der Waals surface area contributed by atoms with Crippen molar-refractivity contribution >= 4 is 0 Å². The molecule has 24 heavy (non-hydrogen) atoms. The van der Waals surface area contributed by atoms with Crippen LogP contribution in [0.25, 0.3) is 0 Å². The molecular formula is C21H28N2O. The molecule has 3 heteroatoms. The van der Waals surface area contributed by atoms with Gasteiger partial charge in [0, 0.05) is 25.5 Å². The van der Waals surface area contributed by atoms with Crippen molar-refractivity contribution < 1.29 is 5.11 Å². The molecule has 3 rings (SSSR count). The van der Waals surface area contributed by atoms with Gasteiger partial charge in [-0.25, -0.2) is 0 Å². The topological polar surface area (TPSA) is 36.4 Å². The highest BCUT2D eigenvalue weighted by Crippen LogP contribution is 2.26. The van der Waals surface area contributed by atoms with Crippen LogP contribution in [0.4, 0.5) is 0 Å². The smallest absolute Gasteiger partial charge is 0.0802 e. The van der Waals surface area contributed by atoms with Crippen molar-refractivity contribution in [1.82, 2.24) is 9.88 Å². The van der Waals surface area contributed by atoms with Gasteiger partial charge in [-0.05, 0) is 80.0 Å². The first-order valence-corrected chi connectivity index (χ1v) is 9.09. The van der Waals surface area contributed by atoms with Gasteiger partial charge in [0.2, 0.25) is 0 Å². The van der Waals surface area contributed by atoms with Crippen LogP contribution >= 0.6 is 0 Å². The third kappa shape index (κ3) is 4.65. The number of aromatic nitrogens is 1. The zero-order valence-corrected chi connectivity index (χ0v) is 14.6. The summed E-state index contributed by atoms with van der Waals surface area (Å²) in [6, 6.07) is 10.7. The van der Waals surface area contributed by atoms with Gasteiger partial charge in [-0.3, -0.25) is 4.98 Å². The van der Waals surface area contributed by atoms with E-state index in [4.69, 9.17) is 0 Å². The van der Waals surface area contributed by atoms with Gasteiger partial charge >= 0.3 is 0 Å². The number of aliphatic hydroxyl groups is 1. The lowest BCUT2D eigenvalue weighted by Gasteiger charge is -2.21. The Labute approximate surface area is 145 Å². The molecule has 1 aromatic heterocycles. The minimum Gasteiger partial charge on any atom is -0.388 e. The summed E-state index contributed by atoms with van der Waals surface area (Å²) >= 11 is 0. The average Bonchev–Trinajstić information content (AvgIpc) is 2.65. The van der Waals surface area contributed by atoms with Gasteiger partial charge in [0.25, 0.3) is 0 Å². The van der Waals surface area contributed by atoms with Gasteiger partial charge in [0.15, 0.2) is 0 Å². The predicted octanol–water partition coefficient (Wildman–Crippen LogP) is 3.56. The van der Waals surface area contributed by atoms with Gasteiger partial charge < -0.3 is 10.0 Å². The average molecular weight is 324 g/mol. The lowest BCUT2D eigenvalue weighted by molar-refractivity contribution is 0.149. The Bertz CT molecular complexity index is 642. The standard InChI is InChI=1S/C21H28N2O/c1-23(14-10-17-8-12-22-13-9-17)15-11-21(24)20-7-6-18-4-2-3-5-19(18)16-20/h6-9,12-13,16,21,24H,2-5,10-11,14-15H2,1H3. The number of hydrogen-bond donors (Lipinski definition) is 1. The Kier molecular flexibility index (Phi) is 6.00. The number of fused-ring (bicyclic) bond motifs is 1. The summed E-state index contributed by atoms with van der Waals surface area (Å²) in [4.78, 5) is 6.34. The highest BCUT2D eigenvalue weighted by molar-refractivity contribution is 5.34. The van der Waals surface area contributed by atoms with Gasteiger partial charge in [0.05, 0.1) is 6.10 Å². The quantitative estimate of drug-likeness (QED) is 0.846. The molecule has 1 atom stereocenters. The van der Waals surface area contributed by atoms with E-state index < -0.39 is 0 Å². The number of pyridine rings is 1. The number of benzene rings is 1. The van der Waals surface area contributed by atoms with Crippen LogP contribution in [-0.2, 0) is 19.3 Å². The predicted molar refractivity (Wildman–Crippen MR) is 98.1 cm³/mol. The van der Waals surface area contributed by atoms with E-state index >= 15 is 0 Å². The molecule has 1 unspecified atom stereocenters. The van der Waals surface area contributed by atoms with E-state index in [-0.39, 0.29) is 6.10 Å². The van der Waals surface area contributed by atoms with Gasteiger partial charge in [-0.1, -0.05) is 18.2 Å². The summed E-state index contributed by atoms with van der Waals surface area (Å²) in [5.74, 6) is 0. The number of nitrogens with zero attached hydrogens (tertiary/aromatic N) is 2. The molecule has 0 saturated carbocycles. The normalized spacial score (nSPS) is 15.3. The molecule has 0 radical (unpaired) electrons. The fourth-order valence-electron chi connectivity index (χ4n) is 3.45. The minimum absolute atomic E-state index is 0.361. The van der Waals surface area contributed by atoms with E-state index in [0.717, 1.165) is 31.5 Å². The van der Waals surface area contributed by atoms with Crippen LogP contribution in [0.3, 0.4) is 0 Å². The van der Waals surface area contributed by atoms with Crippen LogP contribution in [0.15, 0.2) is 42.7 Å². The van der Waals surface area contributed by atoms with Crippen LogP contribution < -0.4 is 0 Å². The Morgan fingerprint density at radius 3 is 2.58 bits per heavy atom. The van der Waals surface area contributed by atoms with Crippen LogP contribution in [0, 0.1) is 0 Å². The molecule has 1 aliphatic carbocycles. The molecule has 2 aromatic rings. The van der Waals surface area contributed by atoms with E-state index in [0.29, 0.717) is 0 Å². The van der Waals surface area contributed by atoms with Crippen LogP contribution in [0.1, 0.15) is 47.6 Å². The molecule has 0 fully saturated rings. The SMILES string of the molecule is CN(CCc1ccncc1)CCC(O)c1ccc2c(c1)CCCC2. The lowest BCUT2D eigenvalue weighted by atomic mass is 9.89. The number of hydrogen-bond acceptors (Lipinski definition) is 3. The number of aliphatic hydroxyl groups excluding tert-OH is 1. The van der Waals surface area contributed by atoms with Crippen molar-refractivity contribution in [2.75, 3.05) is 20.1 Å². The first-order valence-electron chi connectivity index (χ1n) is 9.09. The van der Waals surface area contributed by atoms with Crippen molar-refractivity contribution in [3.8, 4) is 0 Å². The van der Waals surface area contributed by atoms with Crippen molar-refractivity contribution in [3.05, 3.63) is 65.0 Å². The molecule has 3 nitrogen and oxygen atoms in total. The molecule has 128 valence electrons. The van der Waals surface area contributed by atoms with Crippen molar-refractivity contribution in [1.29, 1.82) is 0 Å². The molecule has 1 aromatic carbocycles. The van der Waals surface area contributed by atoms with Gasteiger partial charge in [0.1, 0.15) is 0 Å². The Morgan fingerprint density at radius 2 is 1.79 bits per heavy atom. The summed E-state index contributed by atoms with van der Waals surface area (Å²) in [6.45, 7) is 1.91. The van der Waals surface area contributed by atoms with E-state index in [1.165, 1.54) is 42.4 Å². The van der Waals surface area contributed by atoms with Crippen LogP contribution in [0.2, 0.25) is 0 Å². The zero-order chi connectivity index (χ0) is 16.8. The molecule has 1 N–H and O–H groups in total. The number of likely N-dealkylation sites (N-methyl/N-ethyl adjacent to an activating group) is 1. The van der Waals surface area contributed by atoms with Gasteiger partial charge in [-0.15, -0.1) is 0 Å². The molecule has 1 aliphatic rings.